The number of aliphatic hydroxyl groups excluding tert-OH is 1. The summed E-state index contributed by atoms with van der Waals surface area (Å²) in [5, 5.41) is 9.36. The Hall–Kier alpha value is -0.0800. The van der Waals surface area contributed by atoms with E-state index in [0.717, 1.165) is 19.4 Å². The maximum Gasteiger partial charge on any atom is 0.0805 e. The summed E-state index contributed by atoms with van der Waals surface area (Å²) < 4.78 is 5.45. The fourth-order valence-electron chi connectivity index (χ4n) is 1.06. The first kappa shape index (κ1) is 11.9. The molecule has 0 aliphatic heterocycles. The maximum absolute atomic E-state index is 9.36. The van der Waals surface area contributed by atoms with E-state index in [4.69, 9.17) is 4.74 Å². The van der Waals surface area contributed by atoms with Crippen LogP contribution in [0.25, 0.3) is 0 Å². The lowest BCUT2D eigenvalue weighted by molar-refractivity contribution is -0.0287. The van der Waals surface area contributed by atoms with Crippen LogP contribution in [0.15, 0.2) is 0 Å². The van der Waals surface area contributed by atoms with E-state index >= 15 is 0 Å². The van der Waals surface area contributed by atoms with Gasteiger partial charge in [0.2, 0.25) is 0 Å². The molecule has 74 valence electrons. The lowest BCUT2D eigenvalue weighted by atomic mass is 10.2. The first-order chi connectivity index (χ1) is 5.72. The van der Waals surface area contributed by atoms with Gasteiger partial charge in [-0.1, -0.05) is 26.7 Å². The number of aliphatic hydroxyl groups is 1. The van der Waals surface area contributed by atoms with Crippen LogP contribution >= 0.6 is 0 Å². The molecular weight excluding hydrogens is 152 g/mol. The van der Waals surface area contributed by atoms with Crippen LogP contribution in [-0.4, -0.2) is 23.9 Å². The highest BCUT2D eigenvalue weighted by atomic mass is 16.5. The smallest absolute Gasteiger partial charge is 0.0805 e. The third-order valence-electron chi connectivity index (χ3n) is 2.09. The van der Waals surface area contributed by atoms with Crippen LogP contribution in [0.4, 0.5) is 0 Å². The van der Waals surface area contributed by atoms with E-state index in [1.165, 1.54) is 12.8 Å². The number of rotatable bonds is 7. The van der Waals surface area contributed by atoms with Gasteiger partial charge in [0.25, 0.3) is 0 Å². The molecule has 0 saturated carbocycles. The standard InChI is InChI=1S/C10H22O2/c1-4-6-7-8-12-9(3)10(11)5-2/h9-11H,4-8H2,1-3H3. The predicted molar refractivity (Wildman–Crippen MR) is 51.2 cm³/mol. The Bertz CT molecular complexity index is 93.8. The molecule has 0 aromatic rings. The molecule has 2 atom stereocenters. The molecule has 0 fully saturated rings. The normalized spacial score (nSPS) is 16.0. The van der Waals surface area contributed by atoms with Crippen molar-refractivity contribution in [1.82, 2.24) is 0 Å². The van der Waals surface area contributed by atoms with Gasteiger partial charge >= 0.3 is 0 Å². The van der Waals surface area contributed by atoms with Gasteiger partial charge in [-0.3, -0.25) is 0 Å². The summed E-state index contributed by atoms with van der Waals surface area (Å²) in [5.41, 5.74) is 0. The van der Waals surface area contributed by atoms with E-state index < -0.39 is 0 Å². The zero-order chi connectivity index (χ0) is 9.40. The second kappa shape index (κ2) is 7.56. The summed E-state index contributed by atoms with van der Waals surface area (Å²) in [6.45, 7) is 6.85. The van der Waals surface area contributed by atoms with Crippen LogP contribution in [0.2, 0.25) is 0 Å². The summed E-state index contributed by atoms with van der Waals surface area (Å²) in [4.78, 5) is 0. The lowest BCUT2D eigenvalue weighted by Gasteiger charge is -2.17. The third kappa shape index (κ3) is 5.56. The van der Waals surface area contributed by atoms with Gasteiger partial charge in [0, 0.05) is 6.61 Å². The van der Waals surface area contributed by atoms with Crippen molar-refractivity contribution < 1.29 is 9.84 Å². The highest BCUT2D eigenvalue weighted by Gasteiger charge is 2.11. The monoisotopic (exact) mass is 174 g/mol. The Kier molecular flexibility index (Phi) is 7.51. The second-order valence-electron chi connectivity index (χ2n) is 3.26. The molecule has 12 heavy (non-hydrogen) atoms. The Balaban J connectivity index is 3.24. The molecular formula is C10H22O2. The minimum atomic E-state index is -0.299. The summed E-state index contributed by atoms with van der Waals surface area (Å²) in [7, 11) is 0. The van der Waals surface area contributed by atoms with Crippen molar-refractivity contribution in [3.8, 4) is 0 Å². The summed E-state index contributed by atoms with van der Waals surface area (Å²) in [6, 6.07) is 0. The van der Waals surface area contributed by atoms with Gasteiger partial charge < -0.3 is 9.84 Å². The van der Waals surface area contributed by atoms with Crippen molar-refractivity contribution >= 4 is 0 Å². The van der Waals surface area contributed by atoms with Crippen LogP contribution in [0, 0.1) is 0 Å². The number of hydrogen-bond acceptors (Lipinski definition) is 2. The first-order valence-electron chi connectivity index (χ1n) is 5.02. The molecule has 0 amide bonds. The molecule has 0 bridgehead atoms. The van der Waals surface area contributed by atoms with Crippen LogP contribution in [0.1, 0.15) is 46.5 Å². The molecule has 0 aromatic carbocycles. The zero-order valence-electron chi connectivity index (χ0n) is 8.55. The van der Waals surface area contributed by atoms with Crippen LogP contribution in [-0.2, 0) is 4.74 Å². The second-order valence-corrected chi connectivity index (χ2v) is 3.26. The summed E-state index contributed by atoms with van der Waals surface area (Å²) >= 11 is 0. The van der Waals surface area contributed by atoms with Crippen molar-refractivity contribution in [3.05, 3.63) is 0 Å². The first-order valence-corrected chi connectivity index (χ1v) is 5.02. The molecule has 0 aliphatic rings. The van der Waals surface area contributed by atoms with Crippen LogP contribution < -0.4 is 0 Å². The average Bonchev–Trinajstić information content (AvgIpc) is 2.10. The van der Waals surface area contributed by atoms with Crippen molar-refractivity contribution in [3.63, 3.8) is 0 Å². The van der Waals surface area contributed by atoms with Crippen LogP contribution in [0.3, 0.4) is 0 Å². The van der Waals surface area contributed by atoms with Crippen molar-refractivity contribution in [2.24, 2.45) is 0 Å². The lowest BCUT2D eigenvalue weighted by Crippen LogP contribution is -2.25. The quantitative estimate of drug-likeness (QED) is 0.600. The highest BCUT2D eigenvalue weighted by Crippen LogP contribution is 2.04. The number of unbranched alkanes of at least 4 members (excludes halogenated alkanes) is 2. The van der Waals surface area contributed by atoms with Gasteiger partial charge in [0.1, 0.15) is 0 Å². The maximum atomic E-state index is 9.36. The highest BCUT2D eigenvalue weighted by molar-refractivity contribution is 4.60. The molecule has 1 N–H and O–H groups in total. The molecule has 0 aromatic heterocycles. The molecule has 0 radical (unpaired) electrons. The van der Waals surface area contributed by atoms with E-state index in [1.54, 1.807) is 0 Å². The van der Waals surface area contributed by atoms with Crippen molar-refractivity contribution in [2.45, 2.75) is 58.7 Å². The van der Waals surface area contributed by atoms with Crippen molar-refractivity contribution in [1.29, 1.82) is 0 Å². The molecule has 0 spiro atoms. The molecule has 2 heteroatoms. The van der Waals surface area contributed by atoms with Gasteiger partial charge in [0.05, 0.1) is 12.2 Å². The number of hydrogen-bond donors (Lipinski definition) is 1. The topological polar surface area (TPSA) is 29.5 Å². The molecule has 0 rings (SSSR count). The Morgan fingerprint density at radius 1 is 1.25 bits per heavy atom. The van der Waals surface area contributed by atoms with Gasteiger partial charge in [-0.15, -0.1) is 0 Å². The van der Waals surface area contributed by atoms with Gasteiger partial charge in [-0.05, 0) is 19.8 Å². The Morgan fingerprint density at radius 3 is 2.42 bits per heavy atom. The largest absolute Gasteiger partial charge is 0.390 e. The van der Waals surface area contributed by atoms with E-state index in [0.29, 0.717) is 0 Å². The summed E-state index contributed by atoms with van der Waals surface area (Å²) in [5.74, 6) is 0. The minimum Gasteiger partial charge on any atom is -0.390 e. The van der Waals surface area contributed by atoms with Gasteiger partial charge in [0.15, 0.2) is 0 Å². The Labute approximate surface area is 75.9 Å². The molecule has 0 aliphatic carbocycles. The van der Waals surface area contributed by atoms with Gasteiger partial charge in [-0.2, -0.15) is 0 Å². The predicted octanol–water partition coefficient (Wildman–Crippen LogP) is 2.35. The molecule has 0 heterocycles. The summed E-state index contributed by atoms with van der Waals surface area (Å²) in [6.07, 6.45) is 4.01. The molecule has 2 unspecified atom stereocenters. The van der Waals surface area contributed by atoms with E-state index in [1.807, 2.05) is 13.8 Å². The van der Waals surface area contributed by atoms with Crippen LogP contribution in [0.5, 0.6) is 0 Å². The zero-order valence-corrected chi connectivity index (χ0v) is 8.55. The van der Waals surface area contributed by atoms with E-state index in [2.05, 4.69) is 6.92 Å². The average molecular weight is 174 g/mol. The van der Waals surface area contributed by atoms with E-state index in [-0.39, 0.29) is 12.2 Å². The van der Waals surface area contributed by atoms with Crippen molar-refractivity contribution in [2.75, 3.05) is 6.61 Å². The third-order valence-corrected chi connectivity index (χ3v) is 2.09. The fourth-order valence-corrected chi connectivity index (χ4v) is 1.06. The SMILES string of the molecule is CCCCCOC(C)C(O)CC. The van der Waals surface area contributed by atoms with Gasteiger partial charge in [-0.25, -0.2) is 0 Å². The molecule has 0 saturated heterocycles. The Morgan fingerprint density at radius 2 is 1.92 bits per heavy atom. The minimum absolute atomic E-state index is 0.00754. The van der Waals surface area contributed by atoms with E-state index in [9.17, 15) is 5.11 Å². The molecule has 2 nitrogen and oxygen atoms in total. The fraction of sp³-hybridized carbons (Fsp3) is 1.00. The number of ether oxygens (including phenoxy) is 1.